The summed E-state index contributed by atoms with van der Waals surface area (Å²) in [7, 11) is 1.86. The van der Waals surface area contributed by atoms with E-state index in [0.29, 0.717) is 0 Å². The van der Waals surface area contributed by atoms with Gasteiger partial charge in [-0.25, -0.2) is 0 Å². The number of aliphatic hydroxyl groups is 1. The highest BCUT2D eigenvalue weighted by Gasteiger charge is 2.21. The van der Waals surface area contributed by atoms with Crippen LogP contribution >= 0.6 is 0 Å². The molecule has 1 unspecified atom stereocenters. The summed E-state index contributed by atoms with van der Waals surface area (Å²) in [6.07, 6.45) is 4.34. The molecule has 1 rings (SSSR count). The molecule has 0 bridgehead atoms. The molecule has 86 valence electrons. The summed E-state index contributed by atoms with van der Waals surface area (Å²) < 4.78 is 1.70. The van der Waals surface area contributed by atoms with Gasteiger partial charge in [-0.05, 0) is 24.7 Å². The number of aryl methyl sites for hydroxylation is 2. The zero-order valence-electron chi connectivity index (χ0n) is 10.1. The molecule has 0 spiro atoms. The topological polar surface area (TPSA) is 50.9 Å². The Morgan fingerprint density at radius 2 is 2.13 bits per heavy atom. The quantitative estimate of drug-likeness (QED) is 0.822. The number of hydrogen-bond donors (Lipinski definition) is 1. The minimum absolute atomic E-state index is 0.0254. The van der Waals surface area contributed by atoms with Gasteiger partial charge in [0.05, 0.1) is 11.8 Å². The fourth-order valence-corrected chi connectivity index (χ4v) is 1.42. The highest BCUT2D eigenvalue weighted by atomic mass is 16.3. The fraction of sp³-hybridized carbons (Fsp3) is 0.818. The van der Waals surface area contributed by atoms with Gasteiger partial charge < -0.3 is 5.11 Å². The predicted octanol–water partition coefficient (Wildman–Crippen LogP) is 1.54. The van der Waals surface area contributed by atoms with Crippen LogP contribution in [0.3, 0.4) is 0 Å². The standard InChI is InChI=1S/C11H21N3O/c1-11(2,3)10(15)7-5-6-9-8-14(4)13-12-9/h8,10,15H,5-7H2,1-4H3. The van der Waals surface area contributed by atoms with Crippen LogP contribution in [-0.2, 0) is 13.5 Å². The Labute approximate surface area is 91.3 Å². The fourth-order valence-electron chi connectivity index (χ4n) is 1.42. The maximum atomic E-state index is 9.83. The van der Waals surface area contributed by atoms with Gasteiger partial charge >= 0.3 is 0 Å². The molecule has 0 aliphatic rings. The van der Waals surface area contributed by atoms with Gasteiger partial charge in [0.25, 0.3) is 0 Å². The number of nitrogens with zero attached hydrogens (tertiary/aromatic N) is 3. The van der Waals surface area contributed by atoms with Crippen molar-refractivity contribution in [2.75, 3.05) is 0 Å². The van der Waals surface area contributed by atoms with Crippen LogP contribution in [0.25, 0.3) is 0 Å². The van der Waals surface area contributed by atoms with Crippen LogP contribution in [0.4, 0.5) is 0 Å². The highest BCUT2D eigenvalue weighted by molar-refractivity contribution is 4.91. The molecule has 0 aromatic carbocycles. The van der Waals surface area contributed by atoms with Crippen LogP contribution in [0.1, 0.15) is 39.3 Å². The minimum atomic E-state index is -0.242. The summed E-state index contributed by atoms with van der Waals surface area (Å²) in [6.45, 7) is 6.17. The van der Waals surface area contributed by atoms with Gasteiger partial charge in [0.15, 0.2) is 0 Å². The molecular weight excluding hydrogens is 190 g/mol. The third-order valence-electron chi connectivity index (χ3n) is 2.56. The van der Waals surface area contributed by atoms with Crippen LogP contribution in [-0.4, -0.2) is 26.2 Å². The molecule has 0 aliphatic heterocycles. The third kappa shape index (κ3) is 4.00. The molecule has 1 aromatic rings. The lowest BCUT2D eigenvalue weighted by molar-refractivity contribution is 0.0540. The lowest BCUT2D eigenvalue weighted by Crippen LogP contribution is -2.25. The maximum Gasteiger partial charge on any atom is 0.0827 e. The number of aromatic nitrogens is 3. The number of hydrogen-bond acceptors (Lipinski definition) is 3. The van der Waals surface area contributed by atoms with Gasteiger partial charge in [-0.1, -0.05) is 26.0 Å². The molecule has 0 saturated carbocycles. The summed E-state index contributed by atoms with van der Waals surface area (Å²) >= 11 is 0. The molecule has 1 N–H and O–H groups in total. The van der Waals surface area contributed by atoms with Crippen molar-refractivity contribution in [3.63, 3.8) is 0 Å². The zero-order valence-corrected chi connectivity index (χ0v) is 10.1. The second-order valence-corrected chi connectivity index (χ2v) is 5.16. The van der Waals surface area contributed by atoms with Crippen molar-refractivity contribution in [2.45, 2.75) is 46.1 Å². The average molecular weight is 211 g/mol. The molecule has 4 heteroatoms. The van der Waals surface area contributed by atoms with Gasteiger partial charge in [-0.2, -0.15) is 0 Å². The van der Waals surface area contributed by atoms with E-state index in [-0.39, 0.29) is 11.5 Å². The summed E-state index contributed by atoms with van der Waals surface area (Å²) in [6, 6.07) is 0. The molecule has 15 heavy (non-hydrogen) atoms. The first-order chi connectivity index (χ1) is 6.89. The third-order valence-corrected chi connectivity index (χ3v) is 2.56. The maximum absolute atomic E-state index is 9.83. The second kappa shape index (κ2) is 4.75. The van der Waals surface area contributed by atoms with Gasteiger partial charge in [-0.15, -0.1) is 5.10 Å². The average Bonchev–Trinajstić information content (AvgIpc) is 2.49. The van der Waals surface area contributed by atoms with E-state index in [4.69, 9.17) is 0 Å². The van der Waals surface area contributed by atoms with Crippen molar-refractivity contribution in [2.24, 2.45) is 12.5 Å². The molecule has 1 atom stereocenters. The molecule has 4 nitrogen and oxygen atoms in total. The van der Waals surface area contributed by atoms with E-state index in [1.165, 1.54) is 0 Å². The van der Waals surface area contributed by atoms with Crippen LogP contribution in [0.2, 0.25) is 0 Å². The molecular formula is C11H21N3O. The van der Waals surface area contributed by atoms with Crippen molar-refractivity contribution in [3.8, 4) is 0 Å². The lowest BCUT2D eigenvalue weighted by Gasteiger charge is -2.25. The second-order valence-electron chi connectivity index (χ2n) is 5.16. The van der Waals surface area contributed by atoms with Crippen molar-refractivity contribution in [3.05, 3.63) is 11.9 Å². The number of aliphatic hydroxyl groups excluding tert-OH is 1. The lowest BCUT2D eigenvalue weighted by atomic mass is 9.86. The van der Waals surface area contributed by atoms with E-state index in [0.717, 1.165) is 25.0 Å². The summed E-state index contributed by atoms with van der Waals surface area (Å²) in [5.74, 6) is 0. The molecule has 0 radical (unpaired) electrons. The predicted molar refractivity (Wildman–Crippen MR) is 59.4 cm³/mol. The molecule has 0 amide bonds. The van der Waals surface area contributed by atoms with Crippen molar-refractivity contribution < 1.29 is 5.11 Å². The first kappa shape index (κ1) is 12.2. The van der Waals surface area contributed by atoms with Crippen LogP contribution < -0.4 is 0 Å². The van der Waals surface area contributed by atoms with Crippen LogP contribution in [0.15, 0.2) is 6.20 Å². The Balaban J connectivity index is 2.28. The number of rotatable bonds is 4. The smallest absolute Gasteiger partial charge is 0.0827 e. The SMILES string of the molecule is Cn1cc(CCCC(O)C(C)(C)C)nn1. The normalized spacial score (nSPS) is 14.2. The van der Waals surface area contributed by atoms with E-state index >= 15 is 0 Å². The molecule has 0 aliphatic carbocycles. The van der Waals surface area contributed by atoms with E-state index in [1.807, 2.05) is 13.2 Å². The van der Waals surface area contributed by atoms with Gasteiger partial charge in [0.1, 0.15) is 0 Å². The molecule has 0 saturated heterocycles. The molecule has 0 fully saturated rings. The van der Waals surface area contributed by atoms with Crippen molar-refractivity contribution in [1.82, 2.24) is 15.0 Å². The first-order valence-corrected chi connectivity index (χ1v) is 5.43. The summed E-state index contributed by atoms with van der Waals surface area (Å²) in [4.78, 5) is 0. The van der Waals surface area contributed by atoms with Crippen molar-refractivity contribution >= 4 is 0 Å². The Kier molecular flexibility index (Phi) is 3.85. The van der Waals surface area contributed by atoms with E-state index < -0.39 is 0 Å². The van der Waals surface area contributed by atoms with Gasteiger partial charge in [-0.3, -0.25) is 4.68 Å². The Hall–Kier alpha value is -0.900. The molecule has 1 aromatic heterocycles. The first-order valence-electron chi connectivity index (χ1n) is 5.43. The Morgan fingerprint density at radius 3 is 2.60 bits per heavy atom. The largest absolute Gasteiger partial charge is 0.393 e. The minimum Gasteiger partial charge on any atom is -0.393 e. The molecule has 1 heterocycles. The van der Waals surface area contributed by atoms with Crippen molar-refractivity contribution in [1.29, 1.82) is 0 Å². The van der Waals surface area contributed by atoms with E-state index in [1.54, 1.807) is 4.68 Å². The Bertz CT molecular complexity index is 301. The summed E-state index contributed by atoms with van der Waals surface area (Å²) in [5.41, 5.74) is 0.973. The van der Waals surface area contributed by atoms with Gasteiger partial charge in [0, 0.05) is 13.2 Å². The van der Waals surface area contributed by atoms with Gasteiger partial charge in [0.2, 0.25) is 0 Å². The van der Waals surface area contributed by atoms with Crippen LogP contribution in [0.5, 0.6) is 0 Å². The van der Waals surface area contributed by atoms with Crippen LogP contribution in [0, 0.1) is 5.41 Å². The Morgan fingerprint density at radius 1 is 1.47 bits per heavy atom. The van der Waals surface area contributed by atoms with E-state index in [2.05, 4.69) is 31.1 Å². The zero-order chi connectivity index (χ0) is 11.5. The monoisotopic (exact) mass is 211 g/mol. The summed E-state index contributed by atoms with van der Waals surface area (Å²) in [5, 5.41) is 17.7. The van der Waals surface area contributed by atoms with E-state index in [9.17, 15) is 5.11 Å². The highest BCUT2D eigenvalue weighted by Crippen LogP contribution is 2.22.